The molecule has 2 aromatic heterocycles. The Kier molecular flexibility index (Phi) is 4.92. The summed E-state index contributed by atoms with van der Waals surface area (Å²) >= 11 is 3.43. The summed E-state index contributed by atoms with van der Waals surface area (Å²) in [6.45, 7) is 1.99. The standard InChI is InChI=1S/C25H17BrN2O3/c1-15-2-10-21-24(12-15)31-25(28-21)20-9-7-18(13-22(20)29)27-14-19-8-11-23(30-19)16-3-5-17(26)6-4-16/h2-14,29H,1H3. The molecule has 5 rings (SSSR count). The molecule has 5 nitrogen and oxygen atoms in total. The lowest BCUT2D eigenvalue weighted by atomic mass is 10.2. The minimum Gasteiger partial charge on any atom is -0.507 e. The number of hydrogen-bond acceptors (Lipinski definition) is 5. The van der Waals surface area contributed by atoms with Crippen LogP contribution in [0, 0.1) is 6.92 Å². The molecule has 31 heavy (non-hydrogen) atoms. The van der Waals surface area contributed by atoms with Crippen molar-refractivity contribution in [3.05, 3.63) is 88.6 Å². The molecule has 0 aliphatic rings. The SMILES string of the molecule is Cc1ccc2nc(-c3ccc(N=Cc4ccc(-c5ccc(Br)cc5)o4)cc3O)oc2c1. The van der Waals surface area contributed by atoms with Gasteiger partial charge in [-0.25, -0.2) is 4.98 Å². The van der Waals surface area contributed by atoms with Gasteiger partial charge in [0.2, 0.25) is 5.89 Å². The average Bonchev–Trinajstić information content (AvgIpc) is 3.39. The number of benzene rings is 3. The molecular formula is C25H17BrN2O3. The van der Waals surface area contributed by atoms with Crippen LogP contribution in [0.4, 0.5) is 5.69 Å². The van der Waals surface area contributed by atoms with Crippen LogP contribution >= 0.6 is 15.9 Å². The van der Waals surface area contributed by atoms with Crippen LogP contribution in [0.5, 0.6) is 5.75 Å². The molecule has 0 radical (unpaired) electrons. The van der Waals surface area contributed by atoms with Crippen molar-refractivity contribution >= 4 is 38.9 Å². The number of oxazole rings is 1. The molecule has 0 saturated carbocycles. The Hall–Kier alpha value is -3.64. The van der Waals surface area contributed by atoms with Crippen LogP contribution in [-0.4, -0.2) is 16.3 Å². The van der Waals surface area contributed by atoms with Crippen LogP contribution in [0.25, 0.3) is 33.9 Å². The Bertz CT molecular complexity index is 1410. The fraction of sp³-hybridized carbons (Fsp3) is 0.0400. The van der Waals surface area contributed by atoms with E-state index in [2.05, 4.69) is 25.9 Å². The summed E-state index contributed by atoms with van der Waals surface area (Å²) in [6, 6.07) is 22.6. The maximum absolute atomic E-state index is 10.5. The van der Waals surface area contributed by atoms with Crippen LogP contribution < -0.4 is 0 Å². The molecule has 0 saturated heterocycles. The predicted octanol–water partition coefficient (Wildman–Crippen LogP) is 7.28. The van der Waals surface area contributed by atoms with Crippen molar-refractivity contribution in [2.45, 2.75) is 6.92 Å². The zero-order valence-corrected chi connectivity index (χ0v) is 18.1. The van der Waals surface area contributed by atoms with Gasteiger partial charge in [0, 0.05) is 16.1 Å². The number of fused-ring (bicyclic) bond motifs is 1. The van der Waals surface area contributed by atoms with Crippen molar-refractivity contribution in [2.24, 2.45) is 4.99 Å². The smallest absolute Gasteiger partial charge is 0.231 e. The van der Waals surface area contributed by atoms with E-state index in [0.29, 0.717) is 28.5 Å². The third-order valence-corrected chi connectivity index (χ3v) is 5.38. The molecule has 5 aromatic rings. The molecule has 0 aliphatic carbocycles. The van der Waals surface area contributed by atoms with Gasteiger partial charge in [-0.1, -0.05) is 34.1 Å². The van der Waals surface area contributed by atoms with Gasteiger partial charge in [-0.05, 0) is 61.0 Å². The summed E-state index contributed by atoms with van der Waals surface area (Å²) in [5.74, 6) is 1.81. The summed E-state index contributed by atoms with van der Waals surface area (Å²) in [4.78, 5) is 8.87. The van der Waals surface area contributed by atoms with E-state index >= 15 is 0 Å². The summed E-state index contributed by atoms with van der Waals surface area (Å²) < 4.78 is 12.7. The third-order valence-electron chi connectivity index (χ3n) is 4.85. The summed E-state index contributed by atoms with van der Waals surface area (Å²) in [5, 5.41) is 10.5. The topological polar surface area (TPSA) is 71.8 Å². The molecule has 6 heteroatoms. The van der Waals surface area contributed by atoms with E-state index in [4.69, 9.17) is 8.83 Å². The van der Waals surface area contributed by atoms with Crippen LogP contribution in [0.1, 0.15) is 11.3 Å². The van der Waals surface area contributed by atoms with E-state index in [0.717, 1.165) is 26.9 Å². The van der Waals surface area contributed by atoms with Crippen LogP contribution in [-0.2, 0) is 0 Å². The van der Waals surface area contributed by atoms with Crippen molar-refractivity contribution in [2.75, 3.05) is 0 Å². The summed E-state index contributed by atoms with van der Waals surface area (Å²) in [7, 11) is 0. The number of aliphatic imine (C=N–C) groups is 1. The lowest BCUT2D eigenvalue weighted by Crippen LogP contribution is -1.80. The second-order valence-corrected chi connectivity index (χ2v) is 8.07. The van der Waals surface area contributed by atoms with Gasteiger partial charge in [0.1, 0.15) is 22.8 Å². The van der Waals surface area contributed by atoms with Gasteiger partial charge in [-0.15, -0.1) is 0 Å². The fourth-order valence-electron chi connectivity index (χ4n) is 3.26. The van der Waals surface area contributed by atoms with Gasteiger partial charge in [-0.2, -0.15) is 0 Å². The van der Waals surface area contributed by atoms with Crippen molar-refractivity contribution in [1.82, 2.24) is 4.98 Å². The molecule has 2 heterocycles. The zero-order valence-electron chi connectivity index (χ0n) is 16.5. The first-order chi connectivity index (χ1) is 15.0. The number of phenols is 1. The van der Waals surface area contributed by atoms with Gasteiger partial charge < -0.3 is 13.9 Å². The first kappa shape index (κ1) is 19.3. The van der Waals surface area contributed by atoms with E-state index in [1.165, 1.54) is 0 Å². The highest BCUT2D eigenvalue weighted by molar-refractivity contribution is 9.10. The lowest BCUT2D eigenvalue weighted by molar-refractivity contribution is 0.474. The Labute approximate surface area is 186 Å². The third kappa shape index (κ3) is 4.02. The molecule has 0 aliphatic heterocycles. The van der Waals surface area contributed by atoms with Crippen molar-refractivity contribution < 1.29 is 13.9 Å². The highest BCUT2D eigenvalue weighted by Crippen LogP contribution is 2.34. The Morgan fingerprint density at radius 1 is 0.935 bits per heavy atom. The Morgan fingerprint density at radius 2 is 1.77 bits per heavy atom. The van der Waals surface area contributed by atoms with Gasteiger partial charge in [0.25, 0.3) is 0 Å². The Balaban J connectivity index is 1.37. The second-order valence-electron chi connectivity index (χ2n) is 7.16. The second kappa shape index (κ2) is 7.89. The monoisotopic (exact) mass is 472 g/mol. The first-order valence-corrected chi connectivity index (χ1v) is 10.4. The maximum Gasteiger partial charge on any atom is 0.231 e. The molecule has 0 fully saturated rings. The largest absolute Gasteiger partial charge is 0.507 e. The van der Waals surface area contributed by atoms with Crippen LogP contribution in [0.15, 0.2) is 91.1 Å². The minimum atomic E-state index is 0.0490. The number of aryl methyl sites for hydroxylation is 1. The lowest BCUT2D eigenvalue weighted by Gasteiger charge is -2.01. The number of aromatic hydroxyl groups is 1. The van der Waals surface area contributed by atoms with Gasteiger partial charge >= 0.3 is 0 Å². The average molecular weight is 473 g/mol. The van der Waals surface area contributed by atoms with E-state index in [1.807, 2.05) is 61.5 Å². The van der Waals surface area contributed by atoms with Gasteiger partial charge in [0.05, 0.1) is 17.5 Å². The molecule has 0 bridgehead atoms. The number of aromatic nitrogens is 1. The normalized spacial score (nSPS) is 11.5. The molecular weight excluding hydrogens is 456 g/mol. The number of rotatable bonds is 4. The van der Waals surface area contributed by atoms with E-state index < -0.39 is 0 Å². The fourth-order valence-corrected chi connectivity index (χ4v) is 3.52. The van der Waals surface area contributed by atoms with E-state index in [-0.39, 0.29) is 5.75 Å². The molecule has 0 atom stereocenters. The van der Waals surface area contributed by atoms with Crippen LogP contribution in [0.2, 0.25) is 0 Å². The molecule has 0 spiro atoms. The molecule has 3 aromatic carbocycles. The van der Waals surface area contributed by atoms with Crippen molar-refractivity contribution in [3.63, 3.8) is 0 Å². The van der Waals surface area contributed by atoms with Crippen LogP contribution in [0.3, 0.4) is 0 Å². The number of hydrogen-bond donors (Lipinski definition) is 1. The number of furan rings is 1. The van der Waals surface area contributed by atoms with Crippen molar-refractivity contribution in [1.29, 1.82) is 0 Å². The van der Waals surface area contributed by atoms with Gasteiger partial charge in [-0.3, -0.25) is 4.99 Å². The molecule has 0 unspecified atom stereocenters. The summed E-state index contributed by atoms with van der Waals surface area (Å²) in [6.07, 6.45) is 1.62. The van der Waals surface area contributed by atoms with E-state index in [9.17, 15) is 5.11 Å². The minimum absolute atomic E-state index is 0.0490. The first-order valence-electron chi connectivity index (χ1n) is 9.65. The summed E-state index contributed by atoms with van der Waals surface area (Å²) in [5.41, 5.74) is 4.62. The predicted molar refractivity (Wildman–Crippen MR) is 125 cm³/mol. The highest BCUT2D eigenvalue weighted by atomic mass is 79.9. The Morgan fingerprint density at radius 3 is 2.58 bits per heavy atom. The number of halogens is 1. The zero-order chi connectivity index (χ0) is 21.4. The van der Waals surface area contributed by atoms with Gasteiger partial charge in [0.15, 0.2) is 5.58 Å². The molecule has 0 amide bonds. The quantitative estimate of drug-likeness (QED) is 0.279. The van der Waals surface area contributed by atoms with Crippen molar-refractivity contribution in [3.8, 4) is 28.5 Å². The molecule has 152 valence electrons. The highest BCUT2D eigenvalue weighted by Gasteiger charge is 2.13. The number of nitrogens with zero attached hydrogens (tertiary/aromatic N) is 2. The van der Waals surface area contributed by atoms with E-state index in [1.54, 1.807) is 24.4 Å². The maximum atomic E-state index is 10.5. The number of phenolic OH excluding ortho intramolecular Hbond substituents is 1. The molecule has 1 N–H and O–H groups in total.